The molecule has 17 heavy (non-hydrogen) atoms. The Morgan fingerprint density at radius 3 is 2.59 bits per heavy atom. The van der Waals surface area contributed by atoms with Crippen LogP contribution in [0.15, 0.2) is 40.9 Å². The zero-order valence-corrected chi connectivity index (χ0v) is 11.1. The quantitative estimate of drug-likeness (QED) is 0.863. The highest BCUT2D eigenvalue weighted by Gasteiger charge is 2.17. The summed E-state index contributed by atoms with van der Waals surface area (Å²) in [6.07, 6.45) is 2.51. The summed E-state index contributed by atoms with van der Waals surface area (Å²) in [7, 11) is 0. The summed E-state index contributed by atoms with van der Waals surface area (Å²) in [4.78, 5) is 3.51. The Labute approximate surface area is 110 Å². The van der Waals surface area contributed by atoms with Crippen molar-refractivity contribution in [2.75, 3.05) is 6.54 Å². The molecular formula is C14H15BrN2. The molecule has 1 aromatic carbocycles. The lowest BCUT2D eigenvalue weighted by atomic mass is 10.2. The van der Waals surface area contributed by atoms with Crippen LogP contribution < -0.4 is 5.32 Å². The molecule has 1 aliphatic heterocycles. The van der Waals surface area contributed by atoms with Crippen molar-refractivity contribution in [3.05, 3.63) is 46.6 Å². The summed E-state index contributed by atoms with van der Waals surface area (Å²) in [6, 6.07) is 13.3. The Morgan fingerprint density at radius 2 is 1.88 bits per heavy atom. The molecule has 2 N–H and O–H groups in total. The highest BCUT2D eigenvalue weighted by Crippen LogP contribution is 2.26. The minimum Gasteiger partial charge on any atom is -0.357 e. The summed E-state index contributed by atoms with van der Waals surface area (Å²) in [5.74, 6) is 0. The fourth-order valence-electron chi connectivity index (χ4n) is 2.36. The standard InChI is InChI=1S/C14H15BrN2/c15-11-5-3-10(4-6-11)12-7-8-14(17-12)13-2-1-9-16-13/h3-8,13,16-17H,1-2,9H2/t13-/m0/s1. The van der Waals surface area contributed by atoms with Crippen LogP contribution in [0.4, 0.5) is 0 Å². The van der Waals surface area contributed by atoms with Crippen LogP contribution in [0.2, 0.25) is 0 Å². The molecule has 2 nitrogen and oxygen atoms in total. The van der Waals surface area contributed by atoms with Gasteiger partial charge in [-0.15, -0.1) is 0 Å². The van der Waals surface area contributed by atoms with Crippen LogP contribution in [0.25, 0.3) is 11.3 Å². The fraction of sp³-hybridized carbons (Fsp3) is 0.286. The normalized spacial score (nSPS) is 19.7. The zero-order valence-electron chi connectivity index (χ0n) is 9.54. The molecule has 0 aliphatic carbocycles. The van der Waals surface area contributed by atoms with Gasteiger partial charge < -0.3 is 10.3 Å². The number of aromatic amines is 1. The monoisotopic (exact) mass is 290 g/mol. The average Bonchev–Trinajstić information content (AvgIpc) is 3.00. The van der Waals surface area contributed by atoms with Gasteiger partial charge in [0.05, 0.1) is 0 Å². The van der Waals surface area contributed by atoms with Crippen LogP contribution in [0.1, 0.15) is 24.6 Å². The number of benzene rings is 1. The Bertz CT molecular complexity index is 495. The van der Waals surface area contributed by atoms with Gasteiger partial charge in [-0.05, 0) is 49.2 Å². The number of rotatable bonds is 2. The molecule has 0 unspecified atom stereocenters. The summed E-state index contributed by atoms with van der Waals surface area (Å²) in [5.41, 5.74) is 3.74. The minimum atomic E-state index is 0.513. The number of H-pyrrole nitrogens is 1. The van der Waals surface area contributed by atoms with Gasteiger partial charge in [-0.3, -0.25) is 0 Å². The van der Waals surface area contributed by atoms with Crippen molar-refractivity contribution in [2.45, 2.75) is 18.9 Å². The summed E-state index contributed by atoms with van der Waals surface area (Å²) < 4.78 is 1.12. The van der Waals surface area contributed by atoms with E-state index in [9.17, 15) is 0 Å². The average molecular weight is 291 g/mol. The third kappa shape index (κ3) is 2.31. The van der Waals surface area contributed by atoms with E-state index in [1.807, 2.05) is 0 Å². The Morgan fingerprint density at radius 1 is 1.06 bits per heavy atom. The van der Waals surface area contributed by atoms with Crippen molar-refractivity contribution in [3.8, 4) is 11.3 Å². The van der Waals surface area contributed by atoms with Crippen LogP contribution in [-0.4, -0.2) is 11.5 Å². The predicted molar refractivity (Wildman–Crippen MR) is 73.9 cm³/mol. The summed E-state index contributed by atoms with van der Waals surface area (Å²) in [5, 5.41) is 3.51. The Hall–Kier alpha value is -1.06. The van der Waals surface area contributed by atoms with Gasteiger partial charge in [-0.25, -0.2) is 0 Å². The van der Waals surface area contributed by atoms with Crippen molar-refractivity contribution < 1.29 is 0 Å². The molecule has 0 amide bonds. The number of hydrogen-bond donors (Lipinski definition) is 2. The number of aromatic nitrogens is 1. The molecule has 1 aliphatic rings. The molecular weight excluding hydrogens is 276 g/mol. The van der Waals surface area contributed by atoms with Crippen LogP contribution in [0, 0.1) is 0 Å². The Kier molecular flexibility index (Phi) is 3.04. The van der Waals surface area contributed by atoms with E-state index >= 15 is 0 Å². The lowest BCUT2D eigenvalue weighted by Gasteiger charge is -2.07. The van der Waals surface area contributed by atoms with Crippen molar-refractivity contribution in [3.63, 3.8) is 0 Å². The van der Waals surface area contributed by atoms with Gasteiger partial charge in [0.1, 0.15) is 0 Å². The molecule has 2 heterocycles. The van der Waals surface area contributed by atoms with Crippen LogP contribution in [0.3, 0.4) is 0 Å². The molecule has 0 radical (unpaired) electrons. The molecule has 0 spiro atoms. The zero-order chi connectivity index (χ0) is 11.7. The smallest absolute Gasteiger partial charge is 0.0473 e. The lowest BCUT2D eigenvalue weighted by molar-refractivity contribution is 0.632. The molecule has 1 aromatic heterocycles. The van der Waals surface area contributed by atoms with Crippen LogP contribution >= 0.6 is 15.9 Å². The molecule has 2 aromatic rings. The first-order valence-corrected chi connectivity index (χ1v) is 6.80. The van der Waals surface area contributed by atoms with E-state index in [4.69, 9.17) is 0 Å². The van der Waals surface area contributed by atoms with Gasteiger partial charge in [0.15, 0.2) is 0 Å². The third-order valence-corrected chi connectivity index (χ3v) is 3.83. The second kappa shape index (κ2) is 4.67. The van der Waals surface area contributed by atoms with Gasteiger partial charge in [0, 0.05) is 21.9 Å². The first-order valence-electron chi connectivity index (χ1n) is 6.01. The second-order valence-electron chi connectivity index (χ2n) is 4.48. The maximum atomic E-state index is 3.51. The molecule has 1 saturated heterocycles. The van der Waals surface area contributed by atoms with Crippen molar-refractivity contribution in [2.24, 2.45) is 0 Å². The van der Waals surface area contributed by atoms with E-state index in [1.54, 1.807) is 0 Å². The number of halogens is 1. The maximum absolute atomic E-state index is 3.51. The molecule has 0 bridgehead atoms. The van der Waals surface area contributed by atoms with Gasteiger partial charge >= 0.3 is 0 Å². The van der Waals surface area contributed by atoms with Gasteiger partial charge in [0.25, 0.3) is 0 Å². The van der Waals surface area contributed by atoms with E-state index in [2.05, 4.69) is 62.6 Å². The second-order valence-corrected chi connectivity index (χ2v) is 5.40. The van der Waals surface area contributed by atoms with Gasteiger partial charge in [-0.1, -0.05) is 28.1 Å². The van der Waals surface area contributed by atoms with Gasteiger partial charge in [0.2, 0.25) is 0 Å². The van der Waals surface area contributed by atoms with Crippen molar-refractivity contribution in [1.29, 1.82) is 0 Å². The van der Waals surface area contributed by atoms with Gasteiger partial charge in [-0.2, -0.15) is 0 Å². The third-order valence-electron chi connectivity index (χ3n) is 3.30. The topological polar surface area (TPSA) is 27.8 Å². The lowest BCUT2D eigenvalue weighted by Crippen LogP contribution is -2.12. The highest BCUT2D eigenvalue weighted by molar-refractivity contribution is 9.10. The first kappa shape index (κ1) is 11.1. The molecule has 1 fully saturated rings. The van der Waals surface area contributed by atoms with E-state index < -0.39 is 0 Å². The number of hydrogen-bond acceptors (Lipinski definition) is 1. The highest BCUT2D eigenvalue weighted by atomic mass is 79.9. The molecule has 88 valence electrons. The molecule has 3 rings (SSSR count). The number of nitrogens with one attached hydrogen (secondary N) is 2. The van der Waals surface area contributed by atoms with E-state index in [-0.39, 0.29) is 0 Å². The van der Waals surface area contributed by atoms with Crippen molar-refractivity contribution in [1.82, 2.24) is 10.3 Å². The van der Waals surface area contributed by atoms with E-state index in [0.29, 0.717) is 6.04 Å². The maximum Gasteiger partial charge on any atom is 0.0473 e. The Balaban J connectivity index is 1.86. The van der Waals surface area contributed by atoms with E-state index in [1.165, 1.54) is 29.8 Å². The fourth-order valence-corrected chi connectivity index (χ4v) is 2.63. The largest absolute Gasteiger partial charge is 0.357 e. The summed E-state index contributed by atoms with van der Waals surface area (Å²) in [6.45, 7) is 1.14. The van der Waals surface area contributed by atoms with Crippen LogP contribution in [-0.2, 0) is 0 Å². The minimum absolute atomic E-state index is 0.513. The predicted octanol–water partition coefficient (Wildman–Crippen LogP) is 3.87. The van der Waals surface area contributed by atoms with Crippen LogP contribution in [0.5, 0.6) is 0 Å². The molecule has 3 heteroatoms. The van der Waals surface area contributed by atoms with Crippen molar-refractivity contribution >= 4 is 15.9 Å². The SMILES string of the molecule is Brc1ccc(-c2ccc([C@@H]3CCCN3)[nH]2)cc1. The molecule has 1 atom stereocenters. The first-order chi connectivity index (χ1) is 8.33. The van der Waals surface area contributed by atoms with E-state index in [0.717, 1.165) is 11.0 Å². The molecule has 0 saturated carbocycles. The summed E-state index contributed by atoms with van der Waals surface area (Å²) >= 11 is 3.46.